The molecule has 1 amide bonds. The Labute approximate surface area is 116 Å². The lowest BCUT2D eigenvalue weighted by atomic mass is 10.0. The second-order valence-electron chi connectivity index (χ2n) is 4.43. The number of halogens is 1. The van der Waals surface area contributed by atoms with E-state index in [0.29, 0.717) is 13.0 Å². The van der Waals surface area contributed by atoms with Gasteiger partial charge in [-0.25, -0.2) is 9.97 Å². The van der Waals surface area contributed by atoms with Crippen LogP contribution < -0.4 is 4.90 Å². The molecule has 96 valence electrons. The fourth-order valence-corrected chi connectivity index (χ4v) is 2.45. The van der Waals surface area contributed by atoms with Gasteiger partial charge in [0.05, 0.1) is 12.2 Å². The lowest BCUT2D eigenvalue weighted by Gasteiger charge is -2.29. The van der Waals surface area contributed by atoms with Gasteiger partial charge in [0.1, 0.15) is 0 Å². The van der Waals surface area contributed by atoms with E-state index in [4.69, 9.17) is 11.6 Å². The predicted molar refractivity (Wildman–Crippen MR) is 73.0 cm³/mol. The van der Waals surface area contributed by atoms with Crippen LogP contribution in [-0.4, -0.2) is 15.9 Å². The third kappa shape index (κ3) is 2.44. The number of hydrogen-bond acceptors (Lipinski definition) is 3. The molecular formula is C14H12ClN3O. The van der Waals surface area contributed by atoms with Crippen LogP contribution in [0.3, 0.4) is 0 Å². The molecule has 0 radical (unpaired) electrons. The Hall–Kier alpha value is -1.94. The highest BCUT2D eigenvalue weighted by Crippen LogP contribution is 2.28. The zero-order valence-electron chi connectivity index (χ0n) is 10.2. The topological polar surface area (TPSA) is 46.1 Å². The molecule has 0 atom stereocenters. The van der Waals surface area contributed by atoms with Gasteiger partial charge in [0, 0.05) is 18.3 Å². The molecule has 0 saturated heterocycles. The maximum atomic E-state index is 12.1. The minimum atomic E-state index is 0.119. The van der Waals surface area contributed by atoms with Gasteiger partial charge in [0.2, 0.25) is 11.2 Å². The van der Waals surface area contributed by atoms with Crippen LogP contribution in [0.25, 0.3) is 0 Å². The van der Waals surface area contributed by atoms with Crippen molar-refractivity contribution in [1.29, 1.82) is 0 Å². The van der Waals surface area contributed by atoms with Gasteiger partial charge in [-0.1, -0.05) is 18.2 Å². The Balaban J connectivity index is 1.94. The molecule has 0 bridgehead atoms. The number of nitrogens with zero attached hydrogens (tertiary/aromatic N) is 3. The maximum absolute atomic E-state index is 12.1. The highest BCUT2D eigenvalue weighted by atomic mass is 35.5. The maximum Gasteiger partial charge on any atom is 0.227 e. The van der Waals surface area contributed by atoms with Crippen molar-refractivity contribution in [1.82, 2.24) is 9.97 Å². The van der Waals surface area contributed by atoms with E-state index < -0.39 is 0 Å². The van der Waals surface area contributed by atoms with Crippen LogP contribution in [-0.2, 0) is 17.8 Å². The molecule has 0 saturated carbocycles. The van der Waals surface area contributed by atoms with Crippen molar-refractivity contribution in [2.24, 2.45) is 0 Å². The zero-order chi connectivity index (χ0) is 13.2. The molecule has 0 N–H and O–H groups in total. The van der Waals surface area contributed by atoms with Crippen molar-refractivity contribution >= 4 is 23.2 Å². The summed E-state index contributed by atoms with van der Waals surface area (Å²) in [5, 5.41) is 0.204. The molecule has 0 unspecified atom stereocenters. The molecule has 1 aromatic heterocycles. The molecule has 19 heavy (non-hydrogen) atoms. The van der Waals surface area contributed by atoms with Crippen molar-refractivity contribution in [3.05, 3.63) is 53.1 Å². The van der Waals surface area contributed by atoms with E-state index in [9.17, 15) is 4.79 Å². The summed E-state index contributed by atoms with van der Waals surface area (Å²) >= 11 is 5.77. The monoisotopic (exact) mass is 273 g/mol. The molecule has 1 aliphatic rings. The van der Waals surface area contributed by atoms with Crippen LogP contribution in [0.2, 0.25) is 5.28 Å². The van der Waals surface area contributed by atoms with Gasteiger partial charge in [-0.05, 0) is 35.7 Å². The number of rotatable bonds is 2. The Bertz CT molecular complexity index is 630. The first kappa shape index (κ1) is 12.1. The molecule has 4 nitrogen and oxygen atoms in total. The molecule has 2 heterocycles. The number of aromatic nitrogens is 2. The smallest absolute Gasteiger partial charge is 0.227 e. The van der Waals surface area contributed by atoms with Crippen molar-refractivity contribution in [2.75, 3.05) is 4.90 Å². The van der Waals surface area contributed by atoms with Crippen molar-refractivity contribution < 1.29 is 4.79 Å². The highest BCUT2D eigenvalue weighted by Gasteiger charge is 2.24. The number of carbonyl (C=O) groups is 1. The highest BCUT2D eigenvalue weighted by molar-refractivity contribution is 6.28. The van der Waals surface area contributed by atoms with Gasteiger partial charge in [-0.15, -0.1) is 0 Å². The van der Waals surface area contributed by atoms with E-state index >= 15 is 0 Å². The van der Waals surface area contributed by atoms with Crippen LogP contribution in [0.15, 0.2) is 36.5 Å². The van der Waals surface area contributed by atoms with Crippen molar-refractivity contribution in [3.63, 3.8) is 0 Å². The average Bonchev–Trinajstić information content (AvgIpc) is 2.42. The normalized spacial score (nSPS) is 14.4. The van der Waals surface area contributed by atoms with Crippen LogP contribution in [0, 0.1) is 0 Å². The summed E-state index contributed by atoms with van der Waals surface area (Å²) in [6, 6.07) is 9.74. The summed E-state index contributed by atoms with van der Waals surface area (Å²) in [6.07, 6.45) is 2.94. The lowest BCUT2D eigenvalue weighted by molar-refractivity contribution is -0.119. The van der Waals surface area contributed by atoms with Gasteiger partial charge < -0.3 is 4.90 Å². The largest absolute Gasteiger partial charge is 0.306 e. The number of benzene rings is 1. The van der Waals surface area contributed by atoms with Gasteiger partial charge in [-0.3, -0.25) is 4.79 Å². The Kier molecular flexibility index (Phi) is 3.17. The van der Waals surface area contributed by atoms with E-state index in [2.05, 4.69) is 16.0 Å². The SMILES string of the molecule is O=C1CCc2ccccc2N1Cc1ccnc(Cl)n1. The van der Waals surface area contributed by atoms with Gasteiger partial charge >= 0.3 is 0 Å². The summed E-state index contributed by atoms with van der Waals surface area (Å²) in [5.41, 5.74) is 2.90. The number of hydrogen-bond donors (Lipinski definition) is 0. The van der Waals surface area contributed by atoms with Crippen molar-refractivity contribution in [3.8, 4) is 0 Å². The van der Waals surface area contributed by atoms with E-state index in [1.54, 1.807) is 17.2 Å². The first-order valence-electron chi connectivity index (χ1n) is 6.10. The molecule has 0 spiro atoms. The molecule has 0 fully saturated rings. The number of aryl methyl sites for hydroxylation is 1. The minimum absolute atomic E-state index is 0.119. The van der Waals surface area contributed by atoms with E-state index in [0.717, 1.165) is 17.8 Å². The summed E-state index contributed by atoms with van der Waals surface area (Å²) in [4.78, 5) is 21.8. The number of amides is 1. The number of anilines is 1. The molecular weight excluding hydrogens is 262 g/mol. The quantitative estimate of drug-likeness (QED) is 0.790. The Morgan fingerprint density at radius 2 is 2.05 bits per heavy atom. The molecule has 5 heteroatoms. The van der Waals surface area contributed by atoms with E-state index in [-0.39, 0.29) is 11.2 Å². The first-order valence-corrected chi connectivity index (χ1v) is 6.47. The molecule has 0 aliphatic carbocycles. The summed E-state index contributed by atoms with van der Waals surface area (Å²) in [5.74, 6) is 0.119. The van der Waals surface area contributed by atoms with Gasteiger partial charge in [0.15, 0.2) is 0 Å². The average molecular weight is 274 g/mol. The Morgan fingerprint density at radius 1 is 1.21 bits per heavy atom. The fourth-order valence-electron chi connectivity index (χ4n) is 2.29. The number of carbonyl (C=O) groups excluding carboxylic acids is 1. The molecule has 3 rings (SSSR count). The van der Waals surface area contributed by atoms with Crippen LogP contribution >= 0.6 is 11.6 Å². The van der Waals surface area contributed by atoms with E-state index in [1.165, 1.54) is 5.56 Å². The van der Waals surface area contributed by atoms with Crippen LogP contribution in [0.1, 0.15) is 17.7 Å². The van der Waals surface area contributed by atoms with Crippen molar-refractivity contribution in [2.45, 2.75) is 19.4 Å². The zero-order valence-corrected chi connectivity index (χ0v) is 11.0. The summed E-state index contributed by atoms with van der Waals surface area (Å²) in [6.45, 7) is 0.429. The third-order valence-corrected chi connectivity index (χ3v) is 3.38. The standard InChI is InChI=1S/C14H12ClN3O/c15-14-16-8-7-11(17-14)9-18-12-4-2-1-3-10(12)5-6-13(18)19/h1-4,7-8H,5-6,9H2. The third-order valence-electron chi connectivity index (χ3n) is 3.20. The summed E-state index contributed by atoms with van der Waals surface area (Å²) in [7, 11) is 0. The number of para-hydroxylation sites is 1. The Morgan fingerprint density at radius 3 is 2.89 bits per heavy atom. The fraction of sp³-hybridized carbons (Fsp3) is 0.214. The minimum Gasteiger partial charge on any atom is -0.306 e. The number of fused-ring (bicyclic) bond motifs is 1. The van der Waals surface area contributed by atoms with Crippen LogP contribution in [0.4, 0.5) is 5.69 Å². The second kappa shape index (κ2) is 4.97. The van der Waals surface area contributed by atoms with Crippen LogP contribution in [0.5, 0.6) is 0 Å². The lowest BCUT2D eigenvalue weighted by Crippen LogP contribution is -2.34. The second-order valence-corrected chi connectivity index (χ2v) is 4.76. The van der Waals surface area contributed by atoms with E-state index in [1.807, 2.05) is 18.2 Å². The molecule has 1 aromatic carbocycles. The molecule has 2 aromatic rings. The van der Waals surface area contributed by atoms with Gasteiger partial charge in [0.25, 0.3) is 0 Å². The first-order chi connectivity index (χ1) is 9.24. The summed E-state index contributed by atoms with van der Waals surface area (Å²) < 4.78 is 0. The predicted octanol–water partition coefficient (Wildman–Crippen LogP) is 2.61. The molecule has 1 aliphatic heterocycles. The van der Waals surface area contributed by atoms with Gasteiger partial charge in [-0.2, -0.15) is 0 Å².